The van der Waals surface area contributed by atoms with Gasteiger partial charge in [0.1, 0.15) is 5.75 Å². The smallest absolute Gasteiger partial charge is 0.266 e. The molecule has 6 heteroatoms. The van der Waals surface area contributed by atoms with E-state index in [0.717, 1.165) is 46.5 Å². The van der Waals surface area contributed by atoms with E-state index < -0.39 is 0 Å². The van der Waals surface area contributed by atoms with E-state index in [0.29, 0.717) is 11.7 Å². The number of nitrogens with zero attached hydrogens (tertiary/aromatic N) is 2. The Balaban J connectivity index is 1.60. The van der Waals surface area contributed by atoms with E-state index in [1.165, 1.54) is 5.56 Å². The molecule has 29 heavy (non-hydrogen) atoms. The third-order valence-electron chi connectivity index (χ3n) is 5.32. The molecule has 1 fully saturated rings. The minimum Gasteiger partial charge on any atom is -0.483 e. The molecular weight excluding hydrogens is 384 g/mol. The van der Waals surface area contributed by atoms with Gasteiger partial charge in [0.25, 0.3) is 5.91 Å². The van der Waals surface area contributed by atoms with Crippen molar-refractivity contribution in [2.75, 3.05) is 24.7 Å². The van der Waals surface area contributed by atoms with Crippen molar-refractivity contribution in [2.45, 2.75) is 39.7 Å². The Morgan fingerprint density at radius 3 is 2.69 bits per heavy atom. The molecule has 2 heterocycles. The van der Waals surface area contributed by atoms with Gasteiger partial charge < -0.3 is 9.47 Å². The number of aryl methyl sites for hydroxylation is 3. The molecule has 152 valence electrons. The molecule has 1 aromatic heterocycles. The van der Waals surface area contributed by atoms with Crippen LogP contribution in [0.2, 0.25) is 0 Å². The zero-order valence-electron chi connectivity index (χ0n) is 17.1. The largest absolute Gasteiger partial charge is 0.483 e. The molecule has 1 saturated heterocycles. The fourth-order valence-electron chi connectivity index (χ4n) is 3.58. The average molecular weight is 411 g/mol. The highest BCUT2D eigenvalue weighted by Gasteiger charge is 2.27. The summed E-state index contributed by atoms with van der Waals surface area (Å²) < 4.78 is 12.8. The van der Waals surface area contributed by atoms with Crippen LogP contribution in [0.4, 0.5) is 5.13 Å². The number of carbonyl (C=O) groups is 1. The van der Waals surface area contributed by atoms with Crippen LogP contribution < -0.4 is 9.64 Å². The molecular formula is C23H26N2O3S. The number of anilines is 1. The molecule has 0 radical (unpaired) electrons. The van der Waals surface area contributed by atoms with Gasteiger partial charge in [-0.15, -0.1) is 0 Å². The zero-order valence-corrected chi connectivity index (χ0v) is 17.9. The quantitative estimate of drug-likeness (QED) is 0.585. The normalized spacial score (nSPS) is 16.3. The summed E-state index contributed by atoms with van der Waals surface area (Å²) in [5.41, 5.74) is 4.27. The van der Waals surface area contributed by atoms with Gasteiger partial charge in [0.2, 0.25) is 0 Å². The van der Waals surface area contributed by atoms with Crippen LogP contribution in [-0.4, -0.2) is 36.8 Å². The predicted octanol–water partition coefficient (Wildman–Crippen LogP) is 4.81. The number of fused-ring (bicyclic) bond motifs is 1. The summed E-state index contributed by atoms with van der Waals surface area (Å²) in [4.78, 5) is 19.7. The number of carbonyl (C=O) groups excluding carboxylic acids is 1. The number of hydrogen-bond acceptors (Lipinski definition) is 5. The molecule has 5 nitrogen and oxygen atoms in total. The molecule has 4 rings (SSSR count). The second-order valence-corrected chi connectivity index (χ2v) is 8.54. The van der Waals surface area contributed by atoms with Gasteiger partial charge in [-0.3, -0.25) is 9.69 Å². The Morgan fingerprint density at radius 2 is 1.97 bits per heavy atom. The van der Waals surface area contributed by atoms with E-state index in [1.54, 1.807) is 16.2 Å². The lowest BCUT2D eigenvalue weighted by molar-refractivity contribution is -0.120. The maximum atomic E-state index is 13.2. The lowest BCUT2D eigenvalue weighted by atomic mass is 10.1. The van der Waals surface area contributed by atoms with Crippen molar-refractivity contribution in [2.24, 2.45) is 0 Å². The van der Waals surface area contributed by atoms with E-state index in [1.807, 2.05) is 31.2 Å². The molecule has 0 spiro atoms. The summed E-state index contributed by atoms with van der Waals surface area (Å²) in [6, 6.07) is 11.9. The summed E-state index contributed by atoms with van der Waals surface area (Å²) in [7, 11) is 0. The number of benzene rings is 2. The maximum absolute atomic E-state index is 13.2. The third kappa shape index (κ3) is 4.28. The van der Waals surface area contributed by atoms with Crippen LogP contribution in [0.25, 0.3) is 10.2 Å². The average Bonchev–Trinajstić information content (AvgIpc) is 3.38. The van der Waals surface area contributed by atoms with Crippen LogP contribution in [0.15, 0.2) is 36.4 Å². The number of para-hydroxylation sites is 1. The fourth-order valence-corrected chi connectivity index (χ4v) is 4.72. The molecule has 0 saturated carbocycles. The third-order valence-corrected chi connectivity index (χ3v) is 6.53. The first-order chi connectivity index (χ1) is 14.0. The van der Waals surface area contributed by atoms with Gasteiger partial charge in [-0.2, -0.15) is 0 Å². The Bertz CT molecular complexity index is 985. The second-order valence-electron chi connectivity index (χ2n) is 7.57. The van der Waals surface area contributed by atoms with Crippen molar-refractivity contribution in [3.63, 3.8) is 0 Å². The molecule has 1 amide bonds. The summed E-state index contributed by atoms with van der Waals surface area (Å²) in [5, 5.41) is 0.714. The molecule has 1 atom stereocenters. The molecule has 1 aliphatic heterocycles. The van der Waals surface area contributed by atoms with Gasteiger partial charge in [-0.25, -0.2) is 4.98 Å². The monoisotopic (exact) mass is 410 g/mol. The van der Waals surface area contributed by atoms with Crippen LogP contribution in [-0.2, 0) is 9.53 Å². The van der Waals surface area contributed by atoms with Gasteiger partial charge in [0.05, 0.1) is 22.9 Å². The highest BCUT2D eigenvalue weighted by Crippen LogP contribution is 2.34. The highest BCUT2D eigenvalue weighted by atomic mass is 32.1. The van der Waals surface area contributed by atoms with Crippen molar-refractivity contribution in [3.8, 4) is 5.75 Å². The first-order valence-corrected chi connectivity index (χ1v) is 10.8. The summed E-state index contributed by atoms with van der Waals surface area (Å²) >= 11 is 1.57. The van der Waals surface area contributed by atoms with E-state index in [-0.39, 0.29) is 18.6 Å². The van der Waals surface area contributed by atoms with Gasteiger partial charge in [-0.1, -0.05) is 41.7 Å². The molecule has 0 aliphatic carbocycles. The van der Waals surface area contributed by atoms with Crippen LogP contribution >= 0.6 is 11.3 Å². The van der Waals surface area contributed by atoms with Crippen LogP contribution in [0.1, 0.15) is 29.5 Å². The molecule has 2 aromatic carbocycles. The molecule has 1 aliphatic rings. The molecule has 0 N–H and O–H groups in total. The molecule has 3 aromatic rings. The van der Waals surface area contributed by atoms with Crippen molar-refractivity contribution in [3.05, 3.63) is 53.1 Å². The van der Waals surface area contributed by atoms with E-state index in [4.69, 9.17) is 14.5 Å². The standard InChI is InChI=1S/C23H26N2O3S/c1-15-7-4-5-9-19(15)28-14-20(26)25(13-18-8-6-12-27-18)23-24-21-16(2)10-11-17(3)22(21)29-23/h4-5,7,9-11,18H,6,8,12-14H2,1-3H3. The lowest BCUT2D eigenvalue weighted by Crippen LogP contribution is -2.40. The minimum absolute atomic E-state index is 0.0224. The number of aromatic nitrogens is 1. The first kappa shape index (κ1) is 19.9. The first-order valence-electron chi connectivity index (χ1n) is 10.00. The maximum Gasteiger partial charge on any atom is 0.266 e. The lowest BCUT2D eigenvalue weighted by Gasteiger charge is -2.23. The number of hydrogen-bond donors (Lipinski definition) is 0. The molecule has 0 bridgehead atoms. The van der Waals surface area contributed by atoms with Crippen molar-refractivity contribution in [1.29, 1.82) is 0 Å². The zero-order chi connectivity index (χ0) is 20.4. The Labute approximate surface area is 175 Å². The Kier molecular flexibility index (Phi) is 5.83. The molecule has 1 unspecified atom stereocenters. The van der Waals surface area contributed by atoms with Crippen molar-refractivity contribution >= 4 is 32.6 Å². The number of amides is 1. The van der Waals surface area contributed by atoms with Crippen molar-refractivity contribution in [1.82, 2.24) is 4.98 Å². The summed E-state index contributed by atoms with van der Waals surface area (Å²) in [5.74, 6) is 0.632. The van der Waals surface area contributed by atoms with Gasteiger partial charge in [-0.05, 0) is 56.4 Å². The number of rotatable bonds is 6. The van der Waals surface area contributed by atoms with Gasteiger partial charge >= 0.3 is 0 Å². The topological polar surface area (TPSA) is 51.7 Å². The van der Waals surface area contributed by atoms with E-state index >= 15 is 0 Å². The van der Waals surface area contributed by atoms with Gasteiger partial charge in [0.15, 0.2) is 11.7 Å². The van der Waals surface area contributed by atoms with Crippen LogP contribution in [0.5, 0.6) is 5.75 Å². The van der Waals surface area contributed by atoms with Crippen molar-refractivity contribution < 1.29 is 14.3 Å². The minimum atomic E-state index is -0.0990. The Hall–Kier alpha value is -2.44. The SMILES string of the molecule is Cc1ccccc1OCC(=O)N(CC1CCCO1)c1nc2c(C)ccc(C)c2s1. The number of ether oxygens (including phenoxy) is 2. The predicted molar refractivity (Wildman–Crippen MR) is 117 cm³/mol. The van der Waals surface area contributed by atoms with E-state index in [2.05, 4.69) is 26.0 Å². The second kappa shape index (κ2) is 8.51. The summed E-state index contributed by atoms with van der Waals surface area (Å²) in [6.45, 7) is 7.35. The number of thiazole rings is 1. The van der Waals surface area contributed by atoms with Gasteiger partial charge in [0, 0.05) is 6.61 Å². The fraction of sp³-hybridized carbons (Fsp3) is 0.391. The van der Waals surface area contributed by atoms with Crippen LogP contribution in [0, 0.1) is 20.8 Å². The van der Waals surface area contributed by atoms with E-state index in [9.17, 15) is 4.79 Å². The Morgan fingerprint density at radius 1 is 1.17 bits per heavy atom. The summed E-state index contributed by atoms with van der Waals surface area (Å²) in [6.07, 6.45) is 2.04. The highest BCUT2D eigenvalue weighted by molar-refractivity contribution is 7.22. The van der Waals surface area contributed by atoms with Crippen LogP contribution in [0.3, 0.4) is 0 Å².